The quantitative estimate of drug-likeness (QED) is 0.420. The lowest BCUT2D eigenvalue weighted by molar-refractivity contribution is 0.629. The number of aromatic nitrogens is 1. The van der Waals surface area contributed by atoms with Crippen molar-refractivity contribution in [3.8, 4) is 5.69 Å². The van der Waals surface area contributed by atoms with Crippen LogP contribution in [0.4, 0.5) is 4.39 Å². The lowest BCUT2D eigenvalue weighted by Crippen LogP contribution is -1.92. The normalized spacial score (nSPS) is 11.3. The lowest BCUT2D eigenvalue weighted by Gasteiger charge is -2.07. The van der Waals surface area contributed by atoms with Crippen LogP contribution >= 0.6 is 15.9 Å². The van der Waals surface area contributed by atoms with E-state index in [9.17, 15) is 4.39 Å². The summed E-state index contributed by atoms with van der Waals surface area (Å²) in [6, 6.07) is 21.1. The second-order valence-corrected chi connectivity index (χ2v) is 5.82. The van der Waals surface area contributed by atoms with Gasteiger partial charge in [0.2, 0.25) is 0 Å². The molecule has 1 heterocycles. The van der Waals surface area contributed by atoms with Gasteiger partial charge in [-0.1, -0.05) is 40.2 Å². The predicted molar refractivity (Wildman–Crippen MR) is 88.4 cm³/mol. The molecule has 0 bridgehead atoms. The van der Waals surface area contributed by atoms with E-state index in [1.165, 1.54) is 6.07 Å². The first-order valence-electron chi connectivity index (χ1n) is 6.69. The van der Waals surface area contributed by atoms with Crippen LogP contribution in [0.5, 0.6) is 0 Å². The molecule has 0 spiro atoms. The summed E-state index contributed by atoms with van der Waals surface area (Å²) < 4.78 is 16.8. The van der Waals surface area contributed by atoms with E-state index in [1.807, 2.05) is 36.4 Å². The Hall–Kier alpha value is -2.13. The first-order chi connectivity index (χ1) is 10.3. The van der Waals surface area contributed by atoms with Crippen LogP contribution in [0.25, 0.3) is 27.5 Å². The van der Waals surface area contributed by atoms with E-state index in [0.29, 0.717) is 0 Å². The number of rotatable bonds is 1. The van der Waals surface area contributed by atoms with Gasteiger partial charge in [0, 0.05) is 20.9 Å². The largest absolute Gasteiger partial charge is 0.309 e. The van der Waals surface area contributed by atoms with Crippen LogP contribution in [0.15, 0.2) is 71.2 Å². The molecule has 0 unspecified atom stereocenters. The van der Waals surface area contributed by atoms with Crippen LogP contribution in [0, 0.1) is 5.82 Å². The van der Waals surface area contributed by atoms with Gasteiger partial charge in [-0.2, -0.15) is 0 Å². The van der Waals surface area contributed by atoms with Gasteiger partial charge < -0.3 is 4.57 Å². The Labute approximate surface area is 129 Å². The zero-order valence-corrected chi connectivity index (χ0v) is 12.6. The standard InChI is InChI=1S/C18H11BrFN/c19-15-7-4-8-17-18(15)14-11-12(20)9-10-16(14)21(17)13-5-2-1-3-6-13/h1-11H. The molecule has 0 saturated heterocycles. The van der Waals surface area contributed by atoms with Gasteiger partial charge in [0.15, 0.2) is 0 Å². The zero-order chi connectivity index (χ0) is 14.4. The van der Waals surface area contributed by atoms with Crippen molar-refractivity contribution in [1.29, 1.82) is 0 Å². The van der Waals surface area contributed by atoms with Crippen LogP contribution in [-0.4, -0.2) is 4.57 Å². The fourth-order valence-corrected chi connectivity index (χ4v) is 3.42. The highest BCUT2D eigenvalue weighted by atomic mass is 79.9. The van der Waals surface area contributed by atoms with E-state index >= 15 is 0 Å². The number of para-hydroxylation sites is 1. The van der Waals surface area contributed by atoms with Crippen molar-refractivity contribution in [2.45, 2.75) is 0 Å². The third-order valence-corrected chi connectivity index (χ3v) is 4.38. The van der Waals surface area contributed by atoms with Gasteiger partial charge in [-0.3, -0.25) is 0 Å². The highest BCUT2D eigenvalue weighted by Gasteiger charge is 2.14. The Morgan fingerprint density at radius 1 is 0.810 bits per heavy atom. The summed E-state index contributed by atoms with van der Waals surface area (Å²) in [6.45, 7) is 0. The second-order valence-electron chi connectivity index (χ2n) is 4.97. The van der Waals surface area contributed by atoms with Crippen molar-refractivity contribution in [2.75, 3.05) is 0 Å². The third kappa shape index (κ3) is 1.88. The molecule has 1 nitrogen and oxygen atoms in total. The topological polar surface area (TPSA) is 4.93 Å². The Bertz CT molecular complexity index is 957. The van der Waals surface area contributed by atoms with Gasteiger partial charge in [0.05, 0.1) is 11.0 Å². The average molecular weight is 340 g/mol. The molecule has 102 valence electrons. The maximum absolute atomic E-state index is 13.7. The van der Waals surface area contributed by atoms with Crippen molar-refractivity contribution in [1.82, 2.24) is 4.57 Å². The minimum Gasteiger partial charge on any atom is -0.309 e. The minimum absolute atomic E-state index is 0.217. The summed E-state index contributed by atoms with van der Waals surface area (Å²) in [5.74, 6) is -0.217. The summed E-state index contributed by atoms with van der Waals surface area (Å²) >= 11 is 3.59. The van der Waals surface area contributed by atoms with Gasteiger partial charge in [-0.05, 0) is 42.5 Å². The molecule has 0 radical (unpaired) electrons. The first-order valence-corrected chi connectivity index (χ1v) is 7.48. The molecule has 0 aliphatic carbocycles. The van der Waals surface area contributed by atoms with E-state index in [-0.39, 0.29) is 5.82 Å². The molecule has 0 aliphatic rings. The van der Waals surface area contributed by atoms with E-state index < -0.39 is 0 Å². The Morgan fingerprint density at radius 3 is 2.43 bits per heavy atom. The number of hydrogen-bond donors (Lipinski definition) is 0. The molecular weight excluding hydrogens is 329 g/mol. The van der Waals surface area contributed by atoms with Gasteiger partial charge in [-0.25, -0.2) is 4.39 Å². The minimum atomic E-state index is -0.217. The summed E-state index contributed by atoms with van der Waals surface area (Å²) in [7, 11) is 0. The average Bonchev–Trinajstić information content (AvgIpc) is 2.83. The number of hydrogen-bond acceptors (Lipinski definition) is 0. The number of benzene rings is 3. The van der Waals surface area contributed by atoms with Gasteiger partial charge in [0.25, 0.3) is 0 Å². The first kappa shape index (κ1) is 12.6. The predicted octanol–water partition coefficient (Wildman–Crippen LogP) is 5.69. The van der Waals surface area contributed by atoms with Crippen LogP contribution in [-0.2, 0) is 0 Å². The van der Waals surface area contributed by atoms with Crippen molar-refractivity contribution in [2.24, 2.45) is 0 Å². The highest BCUT2D eigenvalue weighted by Crippen LogP contribution is 2.36. The maximum atomic E-state index is 13.7. The van der Waals surface area contributed by atoms with Crippen molar-refractivity contribution >= 4 is 37.7 Å². The zero-order valence-electron chi connectivity index (χ0n) is 11.1. The van der Waals surface area contributed by atoms with Gasteiger partial charge in [0.1, 0.15) is 5.82 Å². The Kier molecular flexibility index (Phi) is 2.82. The molecule has 0 amide bonds. The van der Waals surface area contributed by atoms with Crippen LogP contribution in [0.3, 0.4) is 0 Å². The maximum Gasteiger partial charge on any atom is 0.123 e. The van der Waals surface area contributed by atoms with E-state index in [4.69, 9.17) is 0 Å². The molecule has 0 fully saturated rings. The molecule has 3 aromatic carbocycles. The van der Waals surface area contributed by atoms with Crippen molar-refractivity contribution in [3.63, 3.8) is 0 Å². The van der Waals surface area contributed by atoms with Crippen LogP contribution < -0.4 is 0 Å². The Morgan fingerprint density at radius 2 is 1.62 bits per heavy atom. The molecule has 3 heteroatoms. The Balaban J connectivity index is 2.26. The molecular formula is C18H11BrFN. The number of nitrogens with zero attached hydrogens (tertiary/aromatic N) is 1. The third-order valence-electron chi connectivity index (χ3n) is 3.72. The molecule has 4 aromatic rings. The highest BCUT2D eigenvalue weighted by molar-refractivity contribution is 9.10. The van der Waals surface area contributed by atoms with E-state index in [0.717, 1.165) is 32.0 Å². The number of halogens is 2. The van der Waals surface area contributed by atoms with Gasteiger partial charge in [-0.15, -0.1) is 0 Å². The fraction of sp³-hybridized carbons (Fsp3) is 0. The molecule has 0 N–H and O–H groups in total. The molecule has 4 rings (SSSR count). The fourth-order valence-electron chi connectivity index (χ4n) is 2.85. The van der Waals surface area contributed by atoms with Gasteiger partial charge >= 0.3 is 0 Å². The van der Waals surface area contributed by atoms with Crippen LogP contribution in [0.1, 0.15) is 0 Å². The molecule has 1 aromatic heterocycles. The van der Waals surface area contributed by atoms with Crippen molar-refractivity contribution < 1.29 is 4.39 Å². The molecule has 0 saturated carbocycles. The number of fused-ring (bicyclic) bond motifs is 3. The molecule has 21 heavy (non-hydrogen) atoms. The SMILES string of the molecule is Fc1ccc2c(c1)c1c(Br)cccc1n2-c1ccccc1. The van der Waals surface area contributed by atoms with E-state index in [2.05, 4.69) is 38.7 Å². The summed E-state index contributed by atoms with van der Waals surface area (Å²) in [6.07, 6.45) is 0. The molecule has 0 atom stereocenters. The second kappa shape index (κ2) is 4.71. The summed E-state index contributed by atoms with van der Waals surface area (Å²) in [4.78, 5) is 0. The monoisotopic (exact) mass is 339 g/mol. The molecule has 0 aliphatic heterocycles. The summed E-state index contributed by atoms with van der Waals surface area (Å²) in [5.41, 5.74) is 3.14. The lowest BCUT2D eigenvalue weighted by atomic mass is 10.1. The smallest absolute Gasteiger partial charge is 0.123 e. The summed E-state index contributed by atoms with van der Waals surface area (Å²) in [5, 5.41) is 1.96. The van der Waals surface area contributed by atoms with E-state index in [1.54, 1.807) is 6.07 Å². The van der Waals surface area contributed by atoms with Crippen LogP contribution in [0.2, 0.25) is 0 Å². The van der Waals surface area contributed by atoms with Crippen molar-refractivity contribution in [3.05, 3.63) is 77.0 Å².